The number of carbonyl (C=O) groups is 2. The third-order valence-electron chi connectivity index (χ3n) is 3.20. The van der Waals surface area contributed by atoms with Crippen molar-refractivity contribution < 1.29 is 14.3 Å². The van der Waals surface area contributed by atoms with Crippen LogP contribution in [-0.4, -0.2) is 35.5 Å². The van der Waals surface area contributed by atoms with E-state index >= 15 is 0 Å². The number of fused-ring (bicyclic) bond motifs is 2. The van der Waals surface area contributed by atoms with E-state index in [9.17, 15) is 9.59 Å². The molecule has 0 spiro atoms. The third kappa shape index (κ3) is 2.20. The largest absolute Gasteiger partial charge is 0.444 e. The predicted molar refractivity (Wildman–Crippen MR) is 59.0 cm³/mol. The number of carbonyl (C=O) groups excluding carboxylic acids is 2. The lowest BCUT2D eigenvalue weighted by molar-refractivity contribution is -0.127. The highest BCUT2D eigenvalue weighted by Crippen LogP contribution is 2.33. The van der Waals surface area contributed by atoms with Crippen molar-refractivity contribution in [2.75, 3.05) is 13.1 Å². The minimum atomic E-state index is -0.461. The zero-order chi connectivity index (χ0) is 11.9. The molecule has 1 aliphatic heterocycles. The highest BCUT2D eigenvalue weighted by Gasteiger charge is 2.42. The molecule has 2 rings (SSSR count). The average molecular weight is 225 g/mol. The van der Waals surface area contributed by atoms with E-state index in [2.05, 4.69) is 0 Å². The summed E-state index contributed by atoms with van der Waals surface area (Å²) >= 11 is 0. The Kier molecular flexibility index (Phi) is 2.68. The highest BCUT2D eigenvalue weighted by atomic mass is 16.6. The molecule has 16 heavy (non-hydrogen) atoms. The molecule has 1 amide bonds. The van der Waals surface area contributed by atoms with Gasteiger partial charge in [0, 0.05) is 24.9 Å². The zero-order valence-electron chi connectivity index (χ0n) is 10.2. The van der Waals surface area contributed by atoms with Crippen LogP contribution in [0.5, 0.6) is 0 Å². The van der Waals surface area contributed by atoms with Crippen LogP contribution in [-0.2, 0) is 9.53 Å². The minimum Gasteiger partial charge on any atom is -0.444 e. The molecule has 0 radical (unpaired) electrons. The quantitative estimate of drug-likeness (QED) is 0.632. The van der Waals surface area contributed by atoms with Crippen molar-refractivity contribution >= 4 is 11.9 Å². The molecule has 0 unspecified atom stereocenters. The van der Waals surface area contributed by atoms with E-state index < -0.39 is 5.60 Å². The van der Waals surface area contributed by atoms with Crippen LogP contribution in [0.15, 0.2) is 0 Å². The number of Topliss-reactive ketones (excluding diaryl/α,β-unsaturated/α-hetero) is 1. The summed E-state index contributed by atoms with van der Waals surface area (Å²) in [6.45, 7) is 6.66. The molecule has 2 atom stereocenters. The van der Waals surface area contributed by atoms with Gasteiger partial charge in [-0.1, -0.05) is 0 Å². The monoisotopic (exact) mass is 225 g/mol. The number of ether oxygens (including phenoxy) is 1. The fourth-order valence-corrected chi connectivity index (χ4v) is 2.46. The van der Waals surface area contributed by atoms with Crippen LogP contribution in [0.4, 0.5) is 4.79 Å². The van der Waals surface area contributed by atoms with Crippen molar-refractivity contribution in [1.29, 1.82) is 0 Å². The molecule has 0 aromatic rings. The van der Waals surface area contributed by atoms with Crippen molar-refractivity contribution in [3.63, 3.8) is 0 Å². The maximum atomic E-state index is 11.8. The van der Waals surface area contributed by atoms with E-state index in [0.717, 1.165) is 12.8 Å². The number of likely N-dealkylation sites (tertiary alicyclic amines) is 1. The highest BCUT2D eigenvalue weighted by molar-refractivity contribution is 5.88. The lowest BCUT2D eigenvalue weighted by atomic mass is 9.97. The van der Waals surface area contributed by atoms with Gasteiger partial charge in [0.2, 0.25) is 0 Å². The summed E-state index contributed by atoms with van der Waals surface area (Å²) in [5, 5.41) is 0. The van der Waals surface area contributed by atoms with E-state index in [4.69, 9.17) is 4.74 Å². The van der Waals surface area contributed by atoms with Gasteiger partial charge >= 0.3 is 6.09 Å². The molecular weight excluding hydrogens is 206 g/mol. The summed E-state index contributed by atoms with van der Waals surface area (Å²) in [6.07, 6.45) is 1.59. The Morgan fingerprint density at radius 3 is 2.19 bits per heavy atom. The third-order valence-corrected chi connectivity index (χ3v) is 3.20. The second-order valence-electron chi connectivity index (χ2n) is 5.76. The summed E-state index contributed by atoms with van der Waals surface area (Å²) in [5.41, 5.74) is -0.461. The molecular formula is C12H19NO3. The molecule has 0 N–H and O–H groups in total. The summed E-state index contributed by atoms with van der Waals surface area (Å²) in [4.78, 5) is 25.2. The van der Waals surface area contributed by atoms with Gasteiger partial charge in [0.15, 0.2) is 0 Å². The number of ketones is 1. The van der Waals surface area contributed by atoms with Crippen LogP contribution in [0.2, 0.25) is 0 Å². The number of nitrogens with zero attached hydrogens (tertiary/aromatic N) is 1. The van der Waals surface area contributed by atoms with Crippen LogP contribution >= 0.6 is 0 Å². The van der Waals surface area contributed by atoms with E-state index in [1.807, 2.05) is 20.8 Å². The molecule has 0 aromatic heterocycles. The van der Waals surface area contributed by atoms with Gasteiger partial charge in [0.05, 0.1) is 0 Å². The molecule has 2 aliphatic rings. The van der Waals surface area contributed by atoms with Gasteiger partial charge in [-0.25, -0.2) is 4.79 Å². The molecule has 1 saturated heterocycles. The van der Waals surface area contributed by atoms with Crippen LogP contribution in [0.1, 0.15) is 33.6 Å². The van der Waals surface area contributed by atoms with Crippen molar-refractivity contribution in [2.45, 2.75) is 39.2 Å². The molecule has 4 nitrogen and oxygen atoms in total. The van der Waals surface area contributed by atoms with Gasteiger partial charge < -0.3 is 9.64 Å². The fourth-order valence-electron chi connectivity index (χ4n) is 2.46. The lowest BCUT2D eigenvalue weighted by Gasteiger charge is -2.32. The number of piperidine rings is 1. The van der Waals surface area contributed by atoms with Crippen LogP contribution < -0.4 is 0 Å². The van der Waals surface area contributed by atoms with E-state index in [1.54, 1.807) is 4.90 Å². The molecule has 1 aliphatic carbocycles. The summed E-state index contributed by atoms with van der Waals surface area (Å²) in [6, 6.07) is 0. The van der Waals surface area contributed by atoms with Gasteiger partial charge in [0.25, 0.3) is 0 Å². The fraction of sp³-hybridized carbons (Fsp3) is 0.833. The van der Waals surface area contributed by atoms with E-state index in [0.29, 0.717) is 18.9 Å². The number of hydrogen-bond acceptors (Lipinski definition) is 3. The second-order valence-corrected chi connectivity index (χ2v) is 5.76. The SMILES string of the molecule is CC(C)(C)OC(=O)N1C[C@@H]2CC[C@@H](C1)C2=O. The molecule has 90 valence electrons. The Hall–Kier alpha value is -1.06. The topological polar surface area (TPSA) is 46.6 Å². The first-order chi connectivity index (χ1) is 7.37. The Morgan fingerprint density at radius 1 is 1.25 bits per heavy atom. The molecule has 1 heterocycles. The lowest BCUT2D eigenvalue weighted by Crippen LogP contribution is -2.47. The van der Waals surface area contributed by atoms with Crippen LogP contribution in [0.25, 0.3) is 0 Å². The summed E-state index contributed by atoms with van der Waals surface area (Å²) in [7, 11) is 0. The van der Waals surface area contributed by atoms with Gasteiger partial charge in [-0.2, -0.15) is 0 Å². The van der Waals surface area contributed by atoms with Crippen molar-refractivity contribution in [2.24, 2.45) is 11.8 Å². The van der Waals surface area contributed by atoms with Gasteiger partial charge in [0.1, 0.15) is 11.4 Å². The first-order valence-corrected chi connectivity index (χ1v) is 5.88. The van der Waals surface area contributed by atoms with Crippen molar-refractivity contribution in [1.82, 2.24) is 4.90 Å². The standard InChI is InChI=1S/C12H19NO3/c1-12(2,3)16-11(15)13-6-8-4-5-9(7-13)10(8)14/h8-9H,4-7H2,1-3H3/t8-,9-/m0/s1. The van der Waals surface area contributed by atoms with E-state index in [1.165, 1.54) is 0 Å². The Morgan fingerprint density at radius 2 is 1.75 bits per heavy atom. The summed E-state index contributed by atoms with van der Waals surface area (Å²) in [5.74, 6) is 0.470. The average Bonchev–Trinajstić information content (AvgIpc) is 2.38. The number of hydrogen-bond donors (Lipinski definition) is 0. The van der Waals surface area contributed by atoms with Gasteiger partial charge in [-0.3, -0.25) is 4.79 Å². The maximum absolute atomic E-state index is 11.8. The Balaban J connectivity index is 1.98. The first kappa shape index (κ1) is 11.4. The number of amides is 1. The van der Waals surface area contributed by atoms with Crippen LogP contribution in [0.3, 0.4) is 0 Å². The predicted octanol–water partition coefficient (Wildman–Crippen LogP) is 1.83. The van der Waals surface area contributed by atoms with Gasteiger partial charge in [-0.05, 0) is 33.6 Å². The molecule has 1 saturated carbocycles. The summed E-state index contributed by atoms with van der Waals surface area (Å²) < 4.78 is 5.31. The maximum Gasteiger partial charge on any atom is 0.410 e. The van der Waals surface area contributed by atoms with Gasteiger partial charge in [-0.15, -0.1) is 0 Å². The molecule has 2 fully saturated rings. The molecule has 0 aromatic carbocycles. The zero-order valence-corrected chi connectivity index (χ0v) is 10.2. The van der Waals surface area contributed by atoms with Crippen molar-refractivity contribution in [3.8, 4) is 0 Å². The Bertz CT molecular complexity index is 303. The number of rotatable bonds is 0. The Labute approximate surface area is 95.9 Å². The smallest absolute Gasteiger partial charge is 0.410 e. The molecule has 2 bridgehead atoms. The van der Waals surface area contributed by atoms with E-state index in [-0.39, 0.29) is 17.9 Å². The van der Waals surface area contributed by atoms with Crippen molar-refractivity contribution in [3.05, 3.63) is 0 Å². The normalized spacial score (nSPS) is 29.4. The van der Waals surface area contributed by atoms with Crippen LogP contribution in [0, 0.1) is 11.8 Å². The second kappa shape index (κ2) is 3.75. The first-order valence-electron chi connectivity index (χ1n) is 5.88. The molecule has 4 heteroatoms. The minimum absolute atomic E-state index is 0.0614.